The molecule has 0 aliphatic rings. The highest BCUT2D eigenvalue weighted by molar-refractivity contribution is 5.29. The van der Waals surface area contributed by atoms with Gasteiger partial charge < -0.3 is 10.0 Å². The Bertz CT molecular complexity index is 315. The molecule has 16 heavy (non-hydrogen) atoms. The normalized spacial score (nSPS) is 13.1. The van der Waals surface area contributed by atoms with Gasteiger partial charge in [0.2, 0.25) is 0 Å². The maximum Gasteiger partial charge on any atom is 0.0802 e. The summed E-state index contributed by atoms with van der Waals surface area (Å²) in [5.41, 5.74) is 3.48. The molecule has 0 aliphatic carbocycles. The van der Waals surface area contributed by atoms with E-state index >= 15 is 0 Å². The van der Waals surface area contributed by atoms with Crippen LogP contribution in [-0.2, 0) is 0 Å². The molecule has 0 bridgehead atoms. The first-order valence-electron chi connectivity index (χ1n) is 5.97. The molecule has 1 unspecified atom stereocenters. The van der Waals surface area contributed by atoms with Gasteiger partial charge in [0, 0.05) is 6.54 Å². The maximum absolute atomic E-state index is 10.1. The van der Waals surface area contributed by atoms with Crippen LogP contribution >= 0.6 is 0 Å². The van der Waals surface area contributed by atoms with Crippen LogP contribution in [0.4, 0.5) is 0 Å². The summed E-state index contributed by atoms with van der Waals surface area (Å²) in [5, 5.41) is 10.1. The van der Waals surface area contributed by atoms with Crippen molar-refractivity contribution in [2.24, 2.45) is 0 Å². The predicted octanol–water partition coefficient (Wildman–Crippen LogP) is 2.68. The summed E-state index contributed by atoms with van der Waals surface area (Å²) in [4.78, 5) is 2.21. The Balaban J connectivity index is 2.62. The zero-order valence-electron chi connectivity index (χ0n) is 10.8. The molecule has 0 radical (unpaired) electrons. The summed E-state index contributed by atoms with van der Waals surface area (Å²) in [5.74, 6) is 0. The second-order valence-corrected chi connectivity index (χ2v) is 4.62. The van der Waals surface area contributed by atoms with Gasteiger partial charge in [-0.05, 0) is 39.4 Å². The van der Waals surface area contributed by atoms with Crippen molar-refractivity contribution in [3.63, 3.8) is 0 Å². The number of aliphatic hydroxyl groups is 1. The van der Waals surface area contributed by atoms with E-state index in [4.69, 9.17) is 0 Å². The van der Waals surface area contributed by atoms with Crippen LogP contribution in [0.25, 0.3) is 0 Å². The van der Waals surface area contributed by atoms with Crippen molar-refractivity contribution in [3.05, 3.63) is 34.9 Å². The Morgan fingerprint density at radius 1 is 1.19 bits per heavy atom. The standard InChI is InChI=1S/C14H23NO/c1-5-15(4)7-6-14(16)13-9-11(2)8-12(3)10-13/h8-10,14,16H,5-7H2,1-4H3. The molecular weight excluding hydrogens is 198 g/mol. The molecule has 1 aromatic carbocycles. The highest BCUT2D eigenvalue weighted by Gasteiger charge is 2.09. The predicted molar refractivity (Wildman–Crippen MR) is 68.7 cm³/mol. The third-order valence-corrected chi connectivity index (χ3v) is 2.95. The van der Waals surface area contributed by atoms with Crippen LogP contribution in [0.15, 0.2) is 18.2 Å². The fraction of sp³-hybridized carbons (Fsp3) is 0.571. The van der Waals surface area contributed by atoms with Crippen LogP contribution in [0.3, 0.4) is 0 Å². The minimum Gasteiger partial charge on any atom is -0.388 e. The summed E-state index contributed by atoms with van der Waals surface area (Å²) in [6.45, 7) is 8.23. The average molecular weight is 221 g/mol. The van der Waals surface area contributed by atoms with Gasteiger partial charge in [-0.1, -0.05) is 36.2 Å². The van der Waals surface area contributed by atoms with Crippen molar-refractivity contribution in [2.45, 2.75) is 33.3 Å². The Morgan fingerprint density at radius 3 is 2.25 bits per heavy atom. The SMILES string of the molecule is CCN(C)CCC(O)c1cc(C)cc(C)c1. The molecule has 0 saturated heterocycles. The van der Waals surface area contributed by atoms with Crippen LogP contribution in [-0.4, -0.2) is 30.1 Å². The molecule has 0 aromatic heterocycles. The van der Waals surface area contributed by atoms with Crippen LogP contribution in [0.1, 0.15) is 36.1 Å². The van der Waals surface area contributed by atoms with E-state index < -0.39 is 0 Å². The fourth-order valence-electron chi connectivity index (χ4n) is 1.87. The van der Waals surface area contributed by atoms with Crippen molar-refractivity contribution in [3.8, 4) is 0 Å². The van der Waals surface area contributed by atoms with Crippen LogP contribution in [0, 0.1) is 13.8 Å². The van der Waals surface area contributed by atoms with E-state index in [-0.39, 0.29) is 6.10 Å². The van der Waals surface area contributed by atoms with Gasteiger partial charge in [-0.25, -0.2) is 0 Å². The van der Waals surface area contributed by atoms with Crippen LogP contribution in [0.2, 0.25) is 0 Å². The lowest BCUT2D eigenvalue weighted by molar-refractivity contribution is 0.150. The molecule has 0 spiro atoms. The summed E-state index contributed by atoms with van der Waals surface area (Å²) in [7, 11) is 2.08. The van der Waals surface area contributed by atoms with E-state index in [0.717, 1.165) is 25.1 Å². The van der Waals surface area contributed by atoms with Crippen LogP contribution in [0.5, 0.6) is 0 Å². The van der Waals surface area contributed by atoms with E-state index in [1.165, 1.54) is 11.1 Å². The number of nitrogens with zero attached hydrogens (tertiary/aromatic N) is 1. The van der Waals surface area contributed by atoms with Crippen molar-refractivity contribution >= 4 is 0 Å². The molecule has 1 atom stereocenters. The number of aryl methyl sites for hydroxylation is 2. The fourth-order valence-corrected chi connectivity index (χ4v) is 1.87. The number of aliphatic hydroxyl groups excluding tert-OH is 1. The van der Waals surface area contributed by atoms with Crippen molar-refractivity contribution in [1.82, 2.24) is 4.90 Å². The lowest BCUT2D eigenvalue weighted by Gasteiger charge is -2.17. The Hall–Kier alpha value is -0.860. The highest BCUT2D eigenvalue weighted by atomic mass is 16.3. The third kappa shape index (κ3) is 3.95. The zero-order chi connectivity index (χ0) is 12.1. The summed E-state index contributed by atoms with van der Waals surface area (Å²) < 4.78 is 0. The van der Waals surface area contributed by atoms with Crippen molar-refractivity contribution < 1.29 is 5.11 Å². The molecule has 0 fully saturated rings. The molecule has 0 amide bonds. The minimum absolute atomic E-state index is 0.340. The van der Waals surface area contributed by atoms with Gasteiger partial charge in [-0.2, -0.15) is 0 Å². The summed E-state index contributed by atoms with van der Waals surface area (Å²) in [6.07, 6.45) is 0.459. The summed E-state index contributed by atoms with van der Waals surface area (Å²) >= 11 is 0. The molecule has 2 heteroatoms. The largest absolute Gasteiger partial charge is 0.388 e. The average Bonchev–Trinajstić information content (AvgIpc) is 2.23. The monoisotopic (exact) mass is 221 g/mol. The lowest BCUT2D eigenvalue weighted by atomic mass is 10.0. The highest BCUT2D eigenvalue weighted by Crippen LogP contribution is 2.19. The molecule has 1 aromatic rings. The van der Waals surface area contributed by atoms with E-state index in [1.54, 1.807) is 0 Å². The lowest BCUT2D eigenvalue weighted by Crippen LogP contribution is -2.20. The van der Waals surface area contributed by atoms with E-state index in [0.29, 0.717) is 0 Å². The third-order valence-electron chi connectivity index (χ3n) is 2.95. The first-order valence-corrected chi connectivity index (χ1v) is 5.97. The van der Waals surface area contributed by atoms with Crippen LogP contribution < -0.4 is 0 Å². The van der Waals surface area contributed by atoms with Gasteiger partial charge in [-0.3, -0.25) is 0 Å². The maximum atomic E-state index is 10.1. The van der Waals surface area contributed by atoms with Gasteiger partial charge >= 0.3 is 0 Å². The van der Waals surface area contributed by atoms with Crippen molar-refractivity contribution in [1.29, 1.82) is 0 Å². The van der Waals surface area contributed by atoms with E-state index in [2.05, 4.69) is 50.9 Å². The van der Waals surface area contributed by atoms with E-state index in [1.807, 2.05) is 0 Å². The minimum atomic E-state index is -0.340. The molecule has 0 aliphatic heterocycles. The molecule has 1 N–H and O–H groups in total. The smallest absolute Gasteiger partial charge is 0.0802 e. The van der Waals surface area contributed by atoms with Gasteiger partial charge in [0.25, 0.3) is 0 Å². The second-order valence-electron chi connectivity index (χ2n) is 4.62. The zero-order valence-corrected chi connectivity index (χ0v) is 10.8. The Labute approximate surface area is 98.9 Å². The summed E-state index contributed by atoms with van der Waals surface area (Å²) in [6, 6.07) is 6.28. The van der Waals surface area contributed by atoms with Gasteiger partial charge in [0.1, 0.15) is 0 Å². The van der Waals surface area contributed by atoms with E-state index in [9.17, 15) is 5.11 Å². The number of benzene rings is 1. The quantitative estimate of drug-likeness (QED) is 0.826. The molecule has 0 heterocycles. The molecule has 2 nitrogen and oxygen atoms in total. The Kier molecular flexibility index (Phi) is 4.97. The van der Waals surface area contributed by atoms with Gasteiger partial charge in [0.15, 0.2) is 0 Å². The first kappa shape index (κ1) is 13.2. The molecule has 0 saturated carbocycles. The number of hydrogen-bond acceptors (Lipinski definition) is 2. The van der Waals surface area contributed by atoms with Crippen molar-refractivity contribution in [2.75, 3.05) is 20.1 Å². The first-order chi connectivity index (χ1) is 7.52. The topological polar surface area (TPSA) is 23.5 Å². The number of rotatable bonds is 5. The number of hydrogen-bond donors (Lipinski definition) is 1. The molecule has 1 rings (SSSR count). The molecule has 90 valence electrons. The Morgan fingerprint density at radius 2 is 1.75 bits per heavy atom. The van der Waals surface area contributed by atoms with Gasteiger partial charge in [-0.15, -0.1) is 0 Å². The van der Waals surface area contributed by atoms with Gasteiger partial charge in [0.05, 0.1) is 6.10 Å². The molecular formula is C14H23NO. The second kappa shape index (κ2) is 6.02.